The van der Waals surface area contributed by atoms with E-state index < -0.39 is 18.5 Å². The number of benzene rings is 2. The normalized spacial score (nSPS) is 11.5. The predicted molar refractivity (Wildman–Crippen MR) is 113 cm³/mol. The summed E-state index contributed by atoms with van der Waals surface area (Å²) in [6, 6.07) is 13.9. The highest BCUT2D eigenvalue weighted by Crippen LogP contribution is 2.15. The molecule has 9 nitrogen and oxygen atoms in total. The van der Waals surface area contributed by atoms with Crippen molar-refractivity contribution in [1.29, 1.82) is 0 Å². The minimum atomic E-state index is -0.623. The van der Waals surface area contributed by atoms with E-state index in [4.69, 9.17) is 16.3 Å². The third-order valence-corrected chi connectivity index (χ3v) is 5.39. The number of amides is 1. The van der Waals surface area contributed by atoms with Crippen LogP contribution < -0.4 is 4.80 Å². The molecule has 0 aliphatic carbocycles. The summed E-state index contributed by atoms with van der Waals surface area (Å²) in [6.45, 7) is 0.0142. The van der Waals surface area contributed by atoms with Crippen LogP contribution in [0.15, 0.2) is 71.4 Å². The average molecular weight is 455 g/mol. The molecule has 31 heavy (non-hydrogen) atoms. The Kier molecular flexibility index (Phi) is 6.29. The predicted octanol–water partition coefficient (Wildman–Crippen LogP) is 2.51. The zero-order valence-corrected chi connectivity index (χ0v) is 17.5. The second-order valence-corrected chi connectivity index (χ2v) is 7.57. The van der Waals surface area contributed by atoms with Gasteiger partial charge >= 0.3 is 5.97 Å². The van der Waals surface area contributed by atoms with Gasteiger partial charge in [0.25, 0.3) is 5.91 Å². The lowest BCUT2D eigenvalue weighted by Gasteiger charge is -2.05. The van der Waals surface area contributed by atoms with Crippen LogP contribution in [-0.2, 0) is 16.1 Å². The molecule has 4 rings (SSSR count). The van der Waals surface area contributed by atoms with Gasteiger partial charge in [0.2, 0.25) is 0 Å². The molecule has 11 heteroatoms. The van der Waals surface area contributed by atoms with E-state index >= 15 is 0 Å². The molecule has 0 N–H and O–H groups in total. The quantitative estimate of drug-likeness (QED) is 0.414. The fraction of sp³-hybridized carbons (Fsp3) is 0.100. The molecule has 0 bridgehead atoms. The van der Waals surface area contributed by atoms with Gasteiger partial charge in [-0.15, -0.1) is 16.4 Å². The molecule has 1 amide bonds. The fourth-order valence-corrected chi connectivity index (χ4v) is 3.64. The van der Waals surface area contributed by atoms with Crippen LogP contribution in [0, 0.1) is 0 Å². The van der Waals surface area contributed by atoms with Crippen LogP contribution in [0.4, 0.5) is 0 Å². The van der Waals surface area contributed by atoms with Crippen LogP contribution in [0.25, 0.3) is 5.69 Å². The van der Waals surface area contributed by atoms with Crippen molar-refractivity contribution in [3.8, 4) is 5.69 Å². The van der Waals surface area contributed by atoms with Crippen molar-refractivity contribution in [1.82, 2.24) is 24.8 Å². The van der Waals surface area contributed by atoms with Crippen molar-refractivity contribution >= 4 is 34.8 Å². The van der Waals surface area contributed by atoms with E-state index in [2.05, 4.69) is 20.5 Å². The number of aromatic nitrogens is 5. The molecule has 2 aromatic carbocycles. The number of esters is 1. The molecular formula is C20H15ClN6O3S. The standard InChI is InChI=1S/C20H15ClN6O3S/c21-17-4-2-1-3-15(17)11-26-9-10-31-20(26)23-18(28)12-30-19(29)14-5-7-16(8-6-14)27-13-22-24-25-27/h1-10,13H,11-12H2. The third kappa shape index (κ3) is 5.11. The first-order chi connectivity index (χ1) is 15.1. The summed E-state index contributed by atoms with van der Waals surface area (Å²) in [5, 5.41) is 13.3. The number of ether oxygens (including phenoxy) is 1. The van der Waals surface area contributed by atoms with Crippen molar-refractivity contribution < 1.29 is 14.3 Å². The summed E-state index contributed by atoms with van der Waals surface area (Å²) < 4.78 is 8.36. The van der Waals surface area contributed by atoms with Crippen molar-refractivity contribution in [2.24, 2.45) is 4.99 Å². The van der Waals surface area contributed by atoms with Crippen molar-refractivity contribution in [3.63, 3.8) is 0 Å². The number of nitrogens with zero attached hydrogens (tertiary/aromatic N) is 6. The molecule has 0 aliphatic rings. The molecule has 0 saturated heterocycles. The van der Waals surface area contributed by atoms with Gasteiger partial charge in [0.1, 0.15) is 6.33 Å². The Morgan fingerprint density at radius 1 is 1.13 bits per heavy atom. The fourth-order valence-electron chi connectivity index (χ4n) is 2.70. The molecule has 0 fully saturated rings. The summed E-state index contributed by atoms with van der Waals surface area (Å²) in [4.78, 5) is 29.0. The first kappa shape index (κ1) is 20.6. The van der Waals surface area contributed by atoms with Gasteiger partial charge < -0.3 is 9.30 Å². The lowest BCUT2D eigenvalue weighted by atomic mass is 10.2. The van der Waals surface area contributed by atoms with Gasteiger partial charge in [0.05, 0.1) is 17.8 Å². The number of thiazole rings is 1. The Hall–Kier alpha value is -3.63. The Morgan fingerprint density at radius 3 is 2.68 bits per heavy atom. The maximum atomic E-state index is 12.2. The minimum absolute atomic E-state index is 0.300. The lowest BCUT2D eigenvalue weighted by Crippen LogP contribution is -2.20. The summed E-state index contributed by atoms with van der Waals surface area (Å²) in [5.41, 5.74) is 1.90. The topological polar surface area (TPSA) is 104 Å². The molecule has 0 aliphatic heterocycles. The number of hydrogen-bond donors (Lipinski definition) is 0. The minimum Gasteiger partial charge on any atom is -0.452 e. The second-order valence-electron chi connectivity index (χ2n) is 6.29. The molecule has 0 saturated carbocycles. The SMILES string of the molecule is O=C(COC(=O)c1ccc(-n2cnnn2)cc1)N=c1sccn1Cc1ccccc1Cl. The maximum Gasteiger partial charge on any atom is 0.338 e. The molecule has 2 heterocycles. The number of tetrazole rings is 1. The van der Waals surface area contributed by atoms with E-state index in [1.165, 1.54) is 22.3 Å². The van der Waals surface area contributed by atoms with Crippen LogP contribution in [0.5, 0.6) is 0 Å². The smallest absolute Gasteiger partial charge is 0.338 e. The van der Waals surface area contributed by atoms with Gasteiger partial charge in [0.15, 0.2) is 11.4 Å². The largest absolute Gasteiger partial charge is 0.452 e. The van der Waals surface area contributed by atoms with Gasteiger partial charge in [-0.25, -0.2) is 9.48 Å². The van der Waals surface area contributed by atoms with Crippen LogP contribution in [0.1, 0.15) is 15.9 Å². The van der Waals surface area contributed by atoms with Gasteiger partial charge in [0, 0.05) is 16.6 Å². The van der Waals surface area contributed by atoms with Crippen molar-refractivity contribution in [2.45, 2.75) is 6.54 Å². The molecule has 156 valence electrons. The van der Waals surface area contributed by atoms with E-state index in [-0.39, 0.29) is 0 Å². The lowest BCUT2D eigenvalue weighted by molar-refractivity contribution is -0.121. The van der Waals surface area contributed by atoms with E-state index in [9.17, 15) is 9.59 Å². The zero-order valence-electron chi connectivity index (χ0n) is 16.0. The number of carbonyl (C=O) groups excluding carboxylic acids is 2. The number of rotatable bonds is 6. The van der Waals surface area contributed by atoms with Crippen molar-refractivity contribution in [2.75, 3.05) is 6.61 Å². The van der Waals surface area contributed by atoms with Crippen molar-refractivity contribution in [3.05, 3.63) is 87.4 Å². The van der Waals surface area contributed by atoms with E-state index in [0.717, 1.165) is 5.56 Å². The highest BCUT2D eigenvalue weighted by Gasteiger charge is 2.11. The highest BCUT2D eigenvalue weighted by atomic mass is 35.5. The van der Waals surface area contributed by atoms with Crippen LogP contribution in [0.3, 0.4) is 0 Å². The third-order valence-electron chi connectivity index (χ3n) is 4.22. The molecule has 0 atom stereocenters. The van der Waals surface area contributed by atoms with Crippen LogP contribution >= 0.6 is 22.9 Å². The Labute approximate surface area is 185 Å². The summed E-state index contributed by atoms with van der Waals surface area (Å²) >= 11 is 7.51. The van der Waals surface area contributed by atoms with E-state index in [1.807, 2.05) is 34.3 Å². The highest BCUT2D eigenvalue weighted by molar-refractivity contribution is 7.07. The summed E-state index contributed by atoms with van der Waals surface area (Å²) in [7, 11) is 0. The summed E-state index contributed by atoms with van der Waals surface area (Å²) in [6.07, 6.45) is 3.26. The Balaban J connectivity index is 1.38. The number of halogens is 1. The van der Waals surface area contributed by atoms with Gasteiger partial charge in [-0.2, -0.15) is 4.99 Å². The number of hydrogen-bond acceptors (Lipinski definition) is 7. The molecule has 0 unspecified atom stereocenters. The number of carbonyl (C=O) groups is 2. The molecule has 0 spiro atoms. The first-order valence-electron chi connectivity index (χ1n) is 9.05. The second kappa shape index (κ2) is 9.45. The zero-order chi connectivity index (χ0) is 21.6. The van der Waals surface area contributed by atoms with E-state index in [1.54, 1.807) is 30.3 Å². The Morgan fingerprint density at radius 2 is 1.94 bits per heavy atom. The molecular weight excluding hydrogens is 440 g/mol. The Bertz CT molecular complexity index is 1260. The van der Waals surface area contributed by atoms with Gasteiger partial charge in [-0.05, 0) is 46.3 Å². The van der Waals surface area contributed by atoms with E-state index in [0.29, 0.717) is 27.6 Å². The monoisotopic (exact) mass is 454 g/mol. The average Bonchev–Trinajstić information content (AvgIpc) is 3.46. The van der Waals surface area contributed by atoms with Gasteiger partial charge in [-0.3, -0.25) is 4.79 Å². The molecule has 4 aromatic rings. The molecule has 2 aromatic heterocycles. The molecule has 0 radical (unpaired) electrons. The maximum absolute atomic E-state index is 12.2. The van der Waals surface area contributed by atoms with Crippen LogP contribution in [-0.4, -0.2) is 43.3 Å². The van der Waals surface area contributed by atoms with Gasteiger partial charge in [-0.1, -0.05) is 29.8 Å². The summed E-state index contributed by atoms with van der Waals surface area (Å²) in [5.74, 6) is -1.18. The first-order valence-corrected chi connectivity index (χ1v) is 10.3. The van der Waals surface area contributed by atoms with Crippen LogP contribution in [0.2, 0.25) is 5.02 Å².